The lowest BCUT2D eigenvalue weighted by molar-refractivity contribution is 0.669. The maximum atomic E-state index is 6.33. The van der Waals surface area contributed by atoms with Crippen LogP contribution in [-0.2, 0) is 0 Å². The molecule has 3 heterocycles. The van der Waals surface area contributed by atoms with Crippen molar-refractivity contribution < 1.29 is 4.42 Å². The maximum Gasteiger partial charge on any atom is 0.164 e. The highest BCUT2D eigenvalue weighted by molar-refractivity contribution is 7.25. The van der Waals surface area contributed by atoms with Crippen LogP contribution in [0.15, 0.2) is 205 Å². The molecule has 5 heteroatoms. The third-order valence-electron chi connectivity index (χ3n) is 11.5. The van der Waals surface area contributed by atoms with Gasteiger partial charge >= 0.3 is 0 Å². The van der Waals surface area contributed by atoms with Crippen LogP contribution >= 0.6 is 11.3 Å². The molecule has 3 aromatic heterocycles. The molecule has 9 aromatic carbocycles. The van der Waals surface area contributed by atoms with Crippen LogP contribution in [0.25, 0.3) is 120 Å². The number of hydrogen-bond acceptors (Lipinski definition) is 5. The van der Waals surface area contributed by atoms with E-state index < -0.39 is 0 Å². The van der Waals surface area contributed by atoms with Gasteiger partial charge in [0.2, 0.25) is 0 Å². The molecule has 0 N–H and O–H groups in total. The van der Waals surface area contributed by atoms with E-state index in [1.165, 1.54) is 42.1 Å². The molecule has 0 unspecified atom stereocenters. The van der Waals surface area contributed by atoms with E-state index in [2.05, 4.69) is 170 Å². The molecule has 0 spiro atoms. The van der Waals surface area contributed by atoms with Gasteiger partial charge in [-0.1, -0.05) is 152 Å². The van der Waals surface area contributed by atoms with Crippen molar-refractivity contribution in [3.05, 3.63) is 200 Å². The Morgan fingerprint density at radius 2 is 0.917 bits per heavy atom. The smallest absolute Gasteiger partial charge is 0.164 e. The Morgan fingerprint density at radius 1 is 0.317 bits per heavy atom. The van der Waals surface area contributed by atoms with Gasteiger partial charge in [0, 0.05) is 47.6 Å². The van der Waals surface area contributed by atoms with Crippen LogP contribution in [0.1, 0.15) is 0 Å². The van der Waals surface area contributed by atoms with Crippen molar-refractivity contribution in [2.45, 2.75) is 0 Å². The van der Waals surface area contributed by atoms with Crippen LogP contribution in [0.5, 0.6) is 0 Å². The topological polar surface area (TPSA) is 51.8 Å². The van der Waals surface area contributed by atoms with Crippen molar-refractivity contribution >= 4 is 64.2 Å². The zero-order chi connectivity index (χ0) is 39.6. The minimum atomic E-state index is 0.589. The second-order valence-corrected chi connectivity index (χ2v) is 16.2. The van der Waals surface area contributed by atoms with E-state index in [0.29, 0.717) is 17.5 Å². The Labute approximate surface area is 349 Å². The lowest BCUT2D eigenvalue weighted by Gasteiger charge is -2.13. The Morgan fingerprint density at radius 3 is 1.77 bits per heavy atom. The van der Waals surface area contributed by atoms with Crippen molar-refractivity contribution in [3.63, 3.8) is 0 Å². The monoisotopic (exact) mass is 783 g/mol. The summed E-state index contributed by atoms with van der Waals surface area (Å²) in [5.41, 5.74) is 11.2. The number of benzene rings is 9. The van der Waals surface area contributed by atoms with Gasteiger partial charge in [-0.3, -0.25) is 0 Å². The number of nitrogens with zero attached hydrogens (tertiary/aromatic N) is 3. The molecule has 4 nitrogen and oxygen atoms in total. The zero-order valence-corrected chi connectivity index (χ0v) is 33.0. The van der Waals surface area contributed by atoms with Crippen LogP contribution in [0.4, 0.5) is 0 Å². The summed E-state index contributed by atoms with van der Waals surface area (Å²) in [7, 11) is 0. The molecule has 0 amide bonds. The lowest BCUT2D eigenvalue weighted by Crippen LogP contribution is -2.01. The van der Waals surface area contributed by atoms with Crippen LogP contribution in [0, 0.1) is 0 Å². The summed E-state index contributed by atoms with van der Waals surface area (Å²) in [5, 5.41) is 6.97. The SMILES string of the molecule is c1ccc(-c2cc(-c3cccc(-c4nc(-c5cccc(-c6ccc7c(c6)sc6ccccc67)c5)nc(-c5cccc6oc7ccccc7c56)n4)c3)c3ccccc3c2)cc1. The van der Waals surface area contributed by atoms with Crippen LogP contribution in [0.3, 0.4) is 0 Å². The van der Waals surface area contributed by atoms with E-state index in [4.69, 9.17) is 19.4 Å². The highest BCUT2D eigenvalue weighted by Gasteiger charge is 2.19. The number of aromatic nitrogens is 3. The third kappa shape index (κ3) is 5.86. The molecule has 0 aliphatic carbocycles. The molecule has 0 saturated carbocycles. The first-order valence-electron chi connectivity index (χ1n) is 20.1. The minimum absolute atomic E-state index is 0.589. The molecule has 0 atom stereocenters. The van der Waals surface area contributed by atoms with Gasteiger partial charge in [-0.2, -0.15) is 0 Å². The molecule has 0 bridgehead atoms. The van der Waals surface area contributed by atoms with Gasteiger partial charge in [-0.25, -0.2) is 15.0 Å². The fraction of sp³-hybridized carbons (Fsp3) is 0. The predicted octanol–water partition coefficient (Wildman–Crippen LogP) is 15.3. The largest absolute Gasteiger partial charge is 0.456 e. The number of para-hydroxylation sites is 1. The van der Waals surface area contributed by atoms with Crippen molar-refractivity contribution in [2.24, 2.45) is 0 Å². The van der Waals surface area contributed by atoms with Gasteiger partial charge in [0.05, 0.1) is 0 Å². The zero-order valence-electron chi connectivity index (χ0n) is 32.2. The van der Waals surface area contributed by atoms with E-state index in [1.807, 2.05) is 41.7 Å². The first-order valence-corrected chi connectivity index (χ1v) is 20.9. The Hall–Kier alpha value is -7.73. The third-order valence-corrected chi connectivity index (χ3v) is 12.6. The Balaban J connectivity index is 1.04. The first kappa shape index (κ1) is 34.3. The molecule has 280 valence electrons. The van der Waals surface area contributed by atoms with Crippen molar-refractivity contribution in [1.82, 2.24) is 15.0 Å². The van der Waals surface area contributed by atoms with E-state index in [-0.39, 0.29) is 0 Å². The minimum Gasteiger partial charge on any atom is -0.456 e. The molecular formula is C55H33N3OS. The number of hydrogen-bond donors (Lipinski definition) is 0. The summed E-state index contributed by atoms with van der Waals surface area (Å²) < 4.78 is 8.90. The Bertz CT molecular complexity index is 3620. The van der Waals surface area contributed by atoms with E-state index in [1.54, 1.807) is 0 Å². The molecule has 12 rings (SSSR count). The predicted molar refractivity (Wildman–Crippen MR) is 250 cm³/mol. The van der Waals surface area contributed by atoms with Crippen molar-refractivity contribution in [3.8, 4) is 67.5 Å². The van der Waals surface area contributed by atoms with Crippen LogP contribution in [-0.4, -0.2) is 15.0 Å². The number of fused-ring (bicyclic) bond motifs is 7. The van der Waals surface area contributed by atoms with Crippen molar-refractivity contribution in [1.29, 1.82) is 0 Å². The summed E-state index contributed by atoms with van der Waals surface area (Å²) in [6.07, 6.45) is 0. The Kier molecular flexibility index (Phi) is 8.00. The molecule has 60 heavy (non-hydrogen) atoms. The fourth-order valence-electron chi connectivity index (χ4n) is 8.63. The van der Waals surface area contributed by atoms with E-state index >= 15 is 0 Å². The lowest BCUT2D eigenvalue weighted by atomic mass is 9.92. The summed E-state index contributed by atoms with van der Waals surface area (Å²) in [6.45, 7) is 0. The highest BCUT2D eigenvalue weighted by atomic mass is 32.1. The average Bonchev–Trinajstić information content (AvgIpc) is 3.90. The highest BCUT2D eigenvalue weighted by Crippen LogP contribution is 2.40. The fourth-order valence-corrected chi connectivity index (χ4v) is 9.78. The van der Waals surface area contributed by atoms with Crippen molar-refractivity contribution in [2.75, 3.05) is 0 Å². The molecule has 0 radical (unpaired) electrons. The summed E-state index contributed by atoms with van der Waals surface area (Å²) in [6, 6.07) is 70.5. The van der Waals surface area contributed by atoms with Gasteiger partial charge in [0.15, 0.2) is 17.5 Å². The summed E-state index contributed by atoms with van der Waals surface area (Å²) >= 11 is 1.83. The number of furan rings is 1. The van der Waals surface area contributed by atoms with E-state index in [9.17, 15) is 0 Å². The van der Waals surface area contributed by atoms with Gasteiger partial charge < -0.3 is 4.42 Å². The quantitative estimate of drug-likeness (QED) is 0.169. The molecule has 0 aliphatic rings. The second kappa shape index (κ2) is 14.0. The summed E-state index contributed by atoms with van der Waals surface area (Å²) in [5.74, 6) is 1.79. The molecule has 0 fully saturated rings. The average molecular weight is 784 g/mol. The molecular weight excluding hydrogens is 751 g/mol. The molecule has 12 aromatic rings. The summed E-state index contributed by atoms with van der Waals surface area (Å²) in [4.78, 5) is 15.8. The number of rotatable bonds is 6. The molecule has 0 aliphatic heterocycles. The van der Waals surface area contributed by atoms with Gasteiger partial charge in [-0.15, -0.1) is 11.3 Å². The van der Waals surface area contributed by atoms with Crippen LogP contribution < -0.4 is 0 Å². The standard InChI is InChI=1S/C55H33N3OS/c1-2-13-34(14-3-1)41-31-37-15-4-5-20-42(37)47(32-41)38-17-11-19-40(30-38)54-56-53(57-55(58-54)46-23-12-25-49-52(46)45-22-6-8-24-48(45)59-49)39-18-10-16-35(29-39)36-27-28-44-43-21-7-9-26-50(43)60-51(44)33-36/h1-33H. The maximum absolute atomic E-state index is 6.33. The number of thiophene rings is 1. The van der Waals surface area contributed by atoms with Crippen LogP contribution in [0.2, 0.25) is 0 Å². The van der Waals surface area contributed by atoms with Gasteiger partial charge in [0.1, 0.15) is 11.2 Å². The van der Waals surface area contributed by atoms with Gasteiger partial charge in [-0.05, 0) is 92.7 Å². The van der Waals surface area contributed by atoms with Gasteiger partial charge in [0.25, 0.3) is 0 Å². The molecule has 0 saturated heterocycles. The first-order chi connectivity index (χ1) is 29.7. The second-order valence-electron chi connectivity index (χ2n) is 15.2. The van der Waals surface area contributed by atoms with E-state index in [0.717, 1.165) is 60.9 Å². The normalized spacial score (nSPS) is 11.7.